The number of rotatable bonds is 2. The summed E-state index contributed by atoms with van der Waals surface area (Å²) in [4.78, 5) is 14.5. The Morgan fingerprint density at radius 2 is 1.95 bits per heavy atom. The molecule has 0 radical (unpaired) electrons. The van der Waals surface area contributed by atoms with Gasteiger partial charge in [0, 0.05) is 18.7 Å². The average Bonchev–Trinajstić information content (AvgIpc) is 2.41. The topological polar surface area (TPSA) is 20.3 Å². The van der Waals surface area contributed by atoms with Crippen LogP contribution < -0.4 is 0 Å². The molecule has 0 heterocycles. The van der Waals surface area contributed by atoms with Gasteiger partial charge in [0.25, 0.3) is 5.91 Å². The third-order valence-electron chi connectivity index (χ3n) is 4.30. The summed E-state index contributed by atoms with van der Waals surface area (Å²) in [5.74, 6) is 0.0961. The zero-order chi connectivity index (χ0) is 14.0. The molecule has 0 aromatic heterocycles. The number of hydrogen-bond donors (Lipinski definition) is 0. The molecule has 1 fully saturated rings. The molecule has 2 rings (SSSR count). The molecule has 1 aromatic rings. The minimum Gasteiger partial charge on any atom is -0.337 e. The van der Waals surface area contributed by atoms with Gasteiger partial charge >= 0.3 is 0 Å². The molecule has 0 spiro atoms. The van der Waals surface area contributed by atoms with Crippen LogP contribution in [0.4, 0.5) is 0 Å². The van der Waals surface area contributed by atoms with Crippen molar-refractivity contribution in [1.82, 2.24) is 4.90 Å². The van der Waals surface area contributed by atoms with Gasteiger partial charge in [-0.05, 0) is 43.9 Å². The van der Waals surface area contributed by atoms with Crippen LogP contribution in [0.1, 0.15) is 47.2 Å². The first-order valence-electron chi connectivity index (χ1n) is 7.00. The Kier molecular flexibility index (Phi) is 4.51. The number of amides is 1. The monoisotopic (exact) mass is 279 g/mol. The highest BCUT2D eigenvalue weighted by atomic mass is 35.5. The molecule has 1 aliphatic rings. The normalized spacial score (nSPS) is 23.2. The van der Waals surface area contributed by atoms with Crippen molar-refractivity contribution in [3.63, 3.8) is 0 Å². The van der Waals surface area contributed by atoms with Crippen molar-refractivity contribution < 1.29 is 4.79 Å². The summed E-state index contributed by atoms with van der Waals surface area (Å²) in [5.41, 5.74) is 3.03. The van der Waals surface area contributed by atoms with E-state index in [1.165, 1.54) is 6.42 Å². The zero-order valence-electron chi connectivity index (χ0n) is 11.9. The van der Waals surface area contributed by atoms with Gasteiger partial charge < -0.3 is 4.90 Å². The Balaban J connectivity index is 2.21. The number of hydrogen-bond acceptors (Lipinski definition) is 1. The van der Waals surface area contributed by atoms with Gasteiger partial charge in [0.1, 0.15) is 0 Å². The molecule has 19 heavy (non-hydrogen) atoms. The highest BCUT2D eigenvalue weighted by Crippen LogP contribution is 2.28. The molecule has 2 nitrogen and oxygen atoms in total. The van der Waals surface area contributed by atoms with E-state index in [9.17, 15) is 4.79 Å². The van der Waals surface area contributed by atoms with Crippen molar-refractivity contribution in [3.05, 3.63) is 34.9 Å². The number of nitrogens with zero attached hydrogens (tertiary/aromatic N) is 1. The summed E-state index contributed by atoms with van der Waals surface area (Å²) in [6.07, 6.45) is 4.37. The van der Waals surface area contributed by atoms with Gasteiger partial charge in [-0.2, -0.15) is 0 Å². The van der Waals surface area contributed by atoms with Crippen LogP contribution in [0.25, 0.3) is 0 Å². The van der Waals surface area contributed by atoms with Crippen LogP contribution in [-0.4, -0.2) is 29.3 Å². The Hall–Kier alpha value is -1.02. The van der Waals surface area contributed by atoms with Crippen LogP contribution in [0.15, 0.2) is 18.2 Å². The second-order valence-corrected chi connectivity index (χ2v) is 6.09. The van der Waals surface area contributed by atoms with Gasteiger partial charge in [0.05, 0.1) is 5.38 Å². The lowest BCUT2D eigenvalue weighted by atomic mass is 9.93. The second-order valence-electron chi connectivity index (χ2n) is 5.53. The molecule has 1 aromatic carbocycles. The van der Waals surface area contributed by atoms with Crippen molar-refractivity contribution in [2.24, 2.45) is 0 Å². The van der Waals surface area contributed by atoms with Crippen LogP contribution in [0.3, 0.4) is 0 Å². The summed E-state index contributed by atoms with van der Waals surface area (Å²) in [5, 5.41) is 0.0906. The maximum Gasteiger partial charge on any atom is 0.254 e. The lowest BCUT2D eigenvalue weighted by molar-refractivity contribution is 0.0699. The molecule has 1 amide bonds. The van der Waals surface area contributed by atoms with E-state index >= 15 is 0 Å². The number of benzene rings is 1. The van der Waals surface area contributed by atoms with E-state index in [1.807, 2.05) is 44.0 Å². The number of aryl methyl sites for hydroxylation is 1. The molecule has 0 bridgehead atoms. The Morgan fingerprint density at radius 3 is 2.63 bits per heavy atom. The number of alkyl halides is 1. The van der Waals surface area contributed by atoms with Gasteiger partial charge in [-0.3, -0.25) is 4.79 Å². The third kappa shape index (κ3) is 2.94. The maximum absolute atomic E-state index is 12.6. The van der Waals surface area contributed by atoms with E-state index < -0.39 is 0 Å². The fourth-order valence-electron chi connectivity index (χ4n) is 2.83. The van der Waals surface area contributed by atoms with E-state index in [-0.39, 0.29) is 17.3 Å². The SMILES string of the molecule is Cc1cccc(C(=O)N(C)C2CCCCC2Cl)c1C. The van der Waals surface area contributed by atoms with Crippen LogP contribution in [0.2, 0.25) is 0 Å². The minimum absolute atomic E-state index is 0.0906. The summed E-state index contributed by atoms with van der Waals surface area (Å²) < 4.78 is 0. The van der Waals surface area contributed by atoms with Crippen molar-refractivity contribution in [2.75, 3.05) is 7.05 Å². The quantitative estimate of drug-likeness (QED) is 0.751. The van der Waals surface area contributed by atoms with Gasteiger partial charge in [-0.25, -0.2) is 0 Å². The fraction of sp³-hybridized carbons (Fsp3) is 0.562. The van der Waals surface area contributed by atoms with Gasteiger partial charge in [-0.15, -0.1) is 11.6 Å². The minimum atomic E-state index is 0.0906. The Morgan fingerprint density at radius 1 is 1.26 bits per heavy atom. The standard InChI is InChI=1S/C16H22ClNO/c1-11-7-6-8-13(12(11)2)16(19)18(3)15-10-5-4-9-14(15)17/h6-8,14-15H,4-5,9-10H2,1-3H3. The molecule has 2 atom stereocenters. The number of carbonyl (C=O) groups excluding carboxylic acids is 1. The highest BCUT2D eigenvalue weighted by Gasteiger charge is 2.30. The molecule has 1 saturated carbocycles. The van der Waals surface area contributed by atoms with Crippen molar-refractivity contribution >= 4 is 17.5 Å². The number of halogens is 1. The Bertz CT molecular complexity index is 472. The summed E-state index contributed by atoms with van der Waals surface area (Å²) in [6.45, 7) is 4.05. The fourth-order valence-corrected chi connectivity index (χ4v) is 3.28. The first-order valence-corrected chi connectivity index (χ1v) is 7.43. The van der Waals surface area contributed by atoms with Gasteiger partial charge in [0.15, 0.2) is 0 Å². The van der Waals surface area contributed by atoms with E-state index in [2.05, 4.69) is 0 Å². The molecule has 104 valence electrons. The molecule has 0 N–H and O–H groups in total. The molecule has 0 saturated heterocycles. The Labute approximate surface area is 120 Å². The van der Waals surface area contributed by atoms with Crippen molar-refractivity contribution in [2.45, 2.75) is 50.9 Å². The molecule has 1 aliphatic carbocycles. The third-order valence-corrected chi connectivity index (χ3v) is 4.81. The van der Waals surface area contributed by atoms with Crippen molar-refractivity contribution in [1.29, 1.82) is 0 Å². The number of carbonyl (C=O) groups is 1. The summed E-state index contributed by atoms with van der Waals surface area (Å²) in [7, 11) is 1.88. The lowest BCUT2D eigenvalue weighted by Crippen LogP contribution is -2.44. The molecule has 0 aliphatic heterocycles. The van der Waals surface area contributed by atoms with E-state index in [0.717, 1.165) is 36.0 Å². The maximum atomic E-state index is 12.6. The van der Waals surface area contributed by atoms with E-state index in [4.69, 9.17) is 11.6 Å². The first kappa shape index (κ1) is 14.4. The second kappa shape index (κ2) is 5.96. The first-order chi connectivity index (χ1) is 9.02. The zero-order valence-corrected chi connectivity index (χ0v) is 12.7. The van der Waals surface area contributed by atoms with Crippen LogP contribution in [0, 0.1) is 13.8 Å². The predicted molar refractivity (Wildman–Crippen MR) is 79.9 cm³/mol. The van der Waals surface area contributed by atoms with Crippen LogP contribution in [0.5, 0.6) is 0 Å². The highest BCUT2D eigenvalue weighted by molar-refractivity contribution is 6.21. The van der Waals surface area contributed by atoms with Crippen molar-refractivity contribution in [3.8, 4) is 0 Å². The van der Waals surface area contributed by atoms with Gasteiger partial charge in [-0.1, -0.05) is 25.0 Å². The lowest BCUT2D eigenvalue weighted by Gasteiger charge is -2.35. The largest absolute Gasteiger partial charge is 0.337 e. The molecule has 2 unspecified atom stereocenters. The summed E-state index contributed by atoms with van der Waals surface area (Å²) >= 11 is 6.39. The van der Waals surface area contributed by atoms with E-state index in [0.29, 0.717) is 0 Å². The predicted octanol–water partition coefficient (Wildman–Crippen LogP) is 3.93. The van der Waals surface area contributed by atoms with Gasteiger partial charge in [0.2, 0.25) is 0 Å². The van der Waals surface area contributed by atoms with E-state index in [1.54, 1.807) is 0 Å². The molecule has 3 heteroatoms. The van der Waals surface area contributed by atoms with Crippen LogP contribution >= 0.6 is 11.6 Å². The summed E-state index contributed by atoms with van der Waals surface area (Å²) in [6, 6.07) is 6.06. The average molecular weight is 280 g/mol. The smallest absolute Gasteiger partial charge is 0.254 e. The van der Waals surface area contributed by atoms with Crippen LogP contribution in [-0.2, 0) is 0 Å². The molecular weight excluding hydrogens is 258 g/mol. The molecular formula is C16H22ClNO.